The Balaban J connectivity index is 2.11. The fourth-order valence-electron chi connectivity index (χ4n) is 3.27. The van der Waals surface area contributed by atoms with E-state index in [1.54, 1.807) is 6.07 Å². The molecule has 0 radical (unpaired) electrons. The van der Waals surface area contributed by atoms with Crippen LogP contribution in [-0.2, 0) is 6.42 Å². The Kier molecular flexibility index (Phi) is 4.25. The van der Waals surface area contributed by atoms with Crippen molar-refractivity contribution < 1.29 is 19.7 Å². The second kappa shape index (κ2) is 6.16. The van der Waals surface area contributed by atoms with E-state index in [0.717, 1.165) is 16.7 Å². The molecule has 3 rings (SSSR count). The Morgan fingerprint density at radius 1 is 1.09 bits per heavy atom. The Labute approximate surface area is 128 Å². The molecule has 1 aliphatic carbocycles. The SMILES string of the molecule is OC[C@H](O)C[C@@H]1c2ccccc2Cc2ccc(F)cc2[C@@H]1O. The summed E-state index contributed by atoms with van der Waals surface area (Å²) in [5, 5.41) is 29.7. The first-order valence-corrected chi connectivity index (χ1v) is 7.43. The van der Waals surface area contributed by atoms with Gasteiger partial charge in [-0.15, -0.1) is 0 Å². The average Bonchev–Trinajstić information content (AvgIpc) is 2.64. The van der Waals surface area contributed by atoms with E-state index >= 15 is 0 Å². The van der Waals surface area contributed by atoms with E-state index in [1.807, 2.05) is 24.3 Å². The smallest absolute Gasteiger partial charge is 0.123 e. The quantitative estimate of drug-likeness (QED) is 0.815. The highest BCUT2D eigenvalue weighted by Crippen LogP contribution is 2.41. The zero-order chi connectivity index (χ0) is 15.7. The summed E-state index contributed by atoms with van der Waals surface area (Å²) < 4.78 is 13.6. The van der Waals surface area contributed by atoms with Crippen molar-refractivity contribution in [2.75, 3.05) is 6.61 Å². The maximum Gasteiger partial charge on any atom is 0.123 e. The van der Waals surface area contributed by atoms with Crippen molar-refractivity contribution in [1.29, 1.82) is 0 Å². The lowest BCUT2D eigenvalue weighted by atomic mass is 9.85. The molecule has 0 amide bonds. The van der Waals surface area contributed by atoms with Gasteiger partial charge in [0.1, 0.15) is 5.82 Å². The third-order valence-electron chi connectivity index (χ3n) is 4.38. The molecule has 0 bridgehead atoms. The van der Waals surface area contributed by atoms with E-state index in [0.29, 0.717) is 12.0 Å². The number of hydrogen-bond donors (Lipinski definition) is 3. The molecule has 0 saturated heterocycles. The fourth-order valence-corrected chi connectivity index (χ4v) is 3.27. The predicted octanol–water partition coefficient (Wildman–Crippen LogP) is 2.29. The minimum Gasteiger partial charge on any atom is -0.394 e. The summed E-state index contributed by atoms with van der Waals surface area (Å²) in [6, 6.07) is 12.2. The monoisotopic (exact) mass is 302 g/mol. The second-order valence-corrected chi connectivity index (χ2v) is 5.84. The van der Waals surface area contributed by atoms with Gasteiger partial charge in [0, 0.05) is 5.92 Å². The van der Waals surface area contributed by atoms with Crippen LogP contribution in [0.2, 0.25) is 0 Å². The number of aliphatic hydroxyl groups excluding tert-OH is 3. The van der Waals surface area contributed by atoms with Crippen molar-refractivity contribution >= 4 is 0 Å². The standard InChI is InChI=1S/C18H19FO3/c19-13-6-5-12-7-11-3-1-2-4-15(11)17(9-14(21)10-20)18(22)16(12)8-13/h1-6,8,14,17-18,20-22H,7,9-10H2/t14-,17-,18+/m1/s1. The molecule has 1 aliphatic rings. The van der Waals surface area contributed by atoms with Crippen LogP contribution in [-0.4, -0.2) is 28.0 Å². The van der Waals surface area contributed by atoms with Crippen LogP contribution in [0.25, 0.3) is 0 Å². The molecular formula is C18H19FO3. The van der Waals surface area contributed by atoms with Gasteiger partial charge in [0.05, 0.1) is 18.8 Å². The largest absolute Gasteiger partial charge is 0.394 e. The average molecular weight is 302 g/mol. The Morgan fingerprint density at radius 3 is 2.59 bits per heavy atom. The van der Waals surface area contributed by atoms with Crippen molar-refractivity contribution in [3.63, 3.8) is 0 Å². The van der Waals surface area contributed by atoms with Crippen molar-refractivity contribution in [3.05, 3.63) is 70.5 Å². The van der Waals surface area contributed by atoms with Crippen molar-refractivity contribution in [1.82, 2.24) is 0 Å². The topological polar surface area (TPSA) is 60.7 Å². The first-order chi connectivity index (χ1) is 10.6. The summed E-state index contributed by atoms with van der Waals surface area (Å²) >= 11 is 0. The number of rotatable bonds is 3. The van der Waals surface area contributed by atoms with Crippen LogP contribution < -0.4 is 0 Å². The van der Waals surface area contributed by atoms with Gasteiger partial charge in [-0.2, -0.15) is 0 Å². The summed E-state index contributed by atoms with van der Waals surface area (Å²) in [5.74, 6) is -0.758. The van der Waals surface area contributed by atoms with Gasteiger partial charge in [-0.3, -0.25) is 0 Å². The summed E-state index contributed by atoms with van der Waals surface area (Å²) in [5.41, 5.74) is 3.45. The number of fused-ring (bicyclic) bond motifs is 2. The molecule has 22 heavy (non-hydrogen) atoms. The minimum atomic E-state index is -0.914. The molecule has 4 heteroatoms. The molecule has 3 atom stereocenters. The van der Waals surface area contributed by atoms with Crippen LogP contribution in [0.4, 0.5) is 4.39 Å². The van der Waals surface area contributed by atoms with Crippen molar-refractivity contribution in [2.45, 2.75) is 31.0 Å². The molecule has 0 unspecified atom stereocenters. The summed E-state index contributed by atoms with van der Waals surface area (Å²) in [7, 11) is 0. The first kappa shape index (κ1) is 15.2. The van der Waals surface area contributed by atoms with Gasteiger partial charge in [0.2, 0.25) is 0 Å². The summed E-state index contributed by atoms with van der Waals surface area (Å²) in [4.78, 5) is 0. The lowest BCUT2D eigenvalue weighted by Crippen LogP contribution is -2.21. The molecule has 2 aromatic carbocycles. The molecule has 0 fully saturated rings. The number of benzene rings is 2. The molecule has 116 valence electrons. The lowest BCUT2D eigenvalue weighted by molar-refractivity contribution is 0.0560. The van der Waals surface area contributed by atoms with E-state index in [4.69, 9.17) is 5.11 Å². The van der Waals surface area contributed by atoms with Gasteiger partial charge in [-0.1, -0.05) is 30.3 Å². The normalized spacial score (nSPS) is 21.6. The zero-order valence-electron chi connectivity index (χ0n) is 12.1. The number of halogens is 1. The maximum absolute atomic E-state index is 13.6. The highest BCUT2D eigenvalue weighted by Gasteiger charge is 2.31. The van der Waals surface area contributed by atoms with E-state index in [-0.39, 0.29) is 24.8 Å². The van der Waals surface area contributed by atoms with Crippen molar-refractivity contribution in [3.8, 4) is 0 Å². The molecular weight excluding hydrogens is 283 g/mol. The first-order valence-electron chi connectivity index (χ1n) is 7.43. The van der Waals surface area contributed by atoms with Gasteiger partial charge in [-0.25, -0.2) is 4.39 Å². The van der Waals surface area contributed by atoms with Gasteiger partial charge < -0.3 is 15.3 Å². The van der Waals surface area contributed by atoms with Crippen molar-refractivity contribution in [2.24, 2.45) is 0 Å². The van der Waals surface area contributed by atoms with E-state index < -0.39 is 12.2 Å². The molecule has 0 saturated carbocycles. The molecule has 0 aliphatic heterocycles. The lowest BCUT2D eigenvalue weighted by Gasteiger charge is -2.25. The van der Waals surface area contributed by atoms with E-state index in [9.17, 15) is 14.6 Å². The van der Waals surface area contributed by atoms with Gasteiger partial charge in [0.15, 0.2) is 0 Å². The number of hydrogen-bond acceptors (Lipinski definition) is 3. The van der Waals surface area contributed by atoms with Gasteiger partial charge in [-0.05, 0) is 47.2 Å². The van der Waals surface area contributed by atoms with Gasteiger partial charge >= 0.3 is 0 Å². The summed E-state index contributed by atoms with van der Waals surface area (Å²) in [6.07, 6.45) is -0.975. The Hall–Kier alpha value is -1.75. The molecule has 2 aromatic rings. The molecule has 0 spiro atoms. The molecule has 0 aromatic heterocycles. The Morgan fingerprint density at radius 2 is 1.82 bits per heavy atom. The summed E-state index contributed by atoms with van der Waals surface area (Å²) in [6.45, 7) is -0.360. The van der Waals surface area contributed by atoms with Crippen LogP contribution in [0.1, 0.15) is 40.7 Å². The molecule has 0 heterocycles. The predicted molar refractivity (Wildman–Crippen MR) is 81.1 cm³/mol. The van der Waals surface area contributed by atoms with Crippen LogP contribution in [0, 0.1) is 5.82 Å². The maximum atomic E-state index is 13.6. The third kappa shape index (κ3) is 2.77. The Bertz CT molecular complexity index is 671. The fraction of sp³-hybridized carbons (Fsp3) is 0.333. The highest BCUT2D eigenvalue weighted by molar-refractivity contribution is 5.44. The minimum absolute atomic E-state index is 0.227. The molecule has 3 nitrogen and oxygen atoms in total. The van der Waals surface area contributed by atoms with E-state index in [1.165, 1.54) is 12.1 Å². The van der Waals surface area contributed by atoms with Crippen LogP contribution in [0.3, 0.4) is 0 Å². The zero-order valence-corrected chi connectivity index (χ0v) is 12.1. The van der Waals surface area contributed by atoms with Gasteiger partial charge in [0.25, 0.3) is 0 Å². The number of aliphatic hydroxyl groups is 3. The third-order valence-corrected chi connectivity index (χ3v) is 4.38. The van der Waals surface area contributed by atoms with E-state index in [2.05, 4.69) is 0 Å². The second-order valence-electron chi connectivity index (χ2n) is 5.84. The van der Waals surface area contributed by atoms with Crippen LogP contribution in [0.5, 0.6) is 0 Å². The van der Waals surface area contributed by atoms with Crippen LogP contribution >= 0.6 is 0 Å². The van der Waals surface area contributed by atoms with Crippen LogP contribution in [0.15, 0.2) is 42.5 Å². The molecule has 3 N–H and O–H groups in total. The highest BCUT2D eigenvalue weighted by atomic mass is 19.1.